The molecule has 2 N–H and O–H groups in total. The molecule has 2 aliphatic carbocycles. The van der Waals surface area contributed by atoms with E-state index in [0.29, 0.717) is 5.92 Å². The molecule has 2 saturated carbocycles. The average Bonchev–Trinajstić information content (AvgIpc) is 2.47. The van der Waals surface area contributed by atoms with Crippen molar-refractivity contribution in [3.63, 3.8) is 0 Å². The zero-order valence-corrected chi connectivity index (χ0v) is 13.3. The van der Waals surface area contributed by atoms with Crippen LogP contribution in [0.15, 0.2) is 24.3 Å². The van der Waals surface area contributed by atoms with Crippen molar-refractivity contribution >= 4 is 0 Å². The lowest BCUT2D eigenvalue weighted by atomic mass is 9.78. The summed E-state index contributed by atoms with van der Waals surface area (Å²) in [6.07, 6.45) is 10.8. The van der Waals surface area contributed by atoms with Crippen LogP contribution in [0.25, 0.3) is 0 Å². The van der Waals surface area contributed by atoms with Gasteiger partial charge in [-0.05, 0) is 48.6 Å². The minimum absolute atomic E-state index is 0.0122. The molecular weight excluding hydrogens is 258 g/mol. The maximum atomic E-state index is 6.58. The summed E-state index contributed by atoms with van der Waals surface area (Å²) in [5, 5.41) is 0. The average molecular weight is 287 g/mol. The van der Waals surface area contributed by atoms with Gasteiger partial charge in [0.1, 0.15) is 0 Å². The van der Waals surface area contributed by atoms with Crippen molar-refractivity contribution in [2.75, 3.05) is 7.11 Å². The Morgan fingerprint density at radius 3 is 2.43 bits per heavy atom. The van der Waals surface area contributed by atoms with Gasteiger partial charge in [0.25, 0.3) is 0 Å². The molecule has 21 heavy (non-hydrogen) atoms. The molecule has 116 valence electrons. The molecule has 0 bridgehead atoms. The van der Waals surface area contributed by atoms with Gasteiger partial charge < -0.3 is 10.5 Å². The summed E-state index contributed by atoms with van der Waals surface area (Å²) in [6.45, 7) is 0. The van der Waals surface area contributed by atoms with Crippen molar-refractivity contribution in [1.29, 1.82) is 0 Å². The summed E-state index contributed by atoms with van der Waals surface area (Å²) >= 11 is 0. The number of benzene rings is 1. The van der Waals surface area contributed by atoms with Gasteiger partial charge in [-0.3, -0.25) is 0 Å². The van der Waals surface area contributed by atoms with Gasteiger partial charge in [-0.2, -0.15) is 0 Å². The fraction of sp³-hybridized carbons (Fsp3) is 0.684. The van der Waals surface area contributed by atoms with Crippen LogP contribution in [0.5, 0.6) is 0 Å². The SMILES string of the molecule is COC(C1CCCCC1)C(N)c1cccc(C2CCC2)c1. The summed E-state index contributed by atoms with van der Waals surface area (Å²) in [4.78, 5) is 0. The standard InChI is InChI=1S/C19H29NO/c1-21-19(15-7-3-2-4-8-15)18(20)17-12-6-11-16(13-17)14-9-5-10-14/h6,11-15,18-19H,2-5,7-10,20H2,1H3. The summed E-state index contributed by atoms with van der Waals surface area (Å²) in [6, 6.07) is 8.97. The van der Waals surface area contributed by atoms with Crippen molar-refractivity contribution in [3.05, 3.63) is 35.4 Å². The second kappa shape index (κ2) is 6.93. The molecule has 2 atom stereocenters. The first kappa shape index (κ1) is 15.1. The van der Waals surface area contributed by atoms with E-state index in [1.807, 2.05) is 7.11 Å². The van der Waals surface area contributed by atoms with Crippen LogP contribution in [0.1, 0.15) is 74.5 Å². The van der Waals surface area contributed by atoms with E-state index in [9.17, 15) is 0 Å². The number of hydrogen-bond donors (Lipinski definition) is 1. The predicted octanol–water partition coefficient (Wildman–Crippen LogP) is 4.55. The molecule has 2 fully saturated rings. The Hall–Kier alpha value is -0.860. The highest BCUT2D eigenvalue weighted by Crippen LogP contribution is 2.38. The van der Waals surface area contributed by atoms with Gasteiger partial charge in [-0.1, -0.05) is 49.9 Å². The first-order valence-corrected chi connectivity index (χ1v) is 8.68. The number of ether oxygens (including phenoxy) is 1. The number of hydrogen-bond acceptors (Lipinski definition) is 2. The highest BCUT2D eigenvalue weighted by atomic mass is 16.5. The van der Waals surface area contributed by atoms with Gasteiger partial charge >= 0.3 is 0 Å². The lowest BCUT2D eigenvalue weighted by Gasteiger charge is -2.34. The molecule has 0 aromatic heterocycles. The van der Waals surface area contributed by atoms with E-state index >= 15 is 0 Å². The Morgan fingerprint density at radius 2 is 1.81 bits per heavy atom. The minimum atomic E-state index is 0.0122. The van der Waals surface area contributed by atoms with Gasteiger partial charge in [0, 0.05) is 7.11 Å². The van der Waals surface area contributed by atoms with Gasteiger partial charge in [-0.25, -0.2) is 0 Å². The van der Waals surface area contributed by atoms with Crippen molar-refractivity contribution in [2.24, 2.45) is 11.7 Å². The molecule has 1 aromatic rings. The fourth-order valence-corrected chi connectivity index (χ4v) is 4.05. The summed E-state index contributed by atoms with van der Waals surface area (Å²) in [5.41, 5.74) is 9.32. The van der Waals surface area contributed by atoms with E-state index in [0.717, 1.165) is 5.92 Å². The first-order chi connectivity index (χ1) is 10.3. The number of rotatable bonds is 5. The Bertz CT molecular complexity index is 449. The van der Waals surface area contributed by atoms with Gasteiger partial charge in [0.05, 0.1) is 12.1 Å². The van der Waals surface area contributed by atoms with Gasteiger partial charge in [-0.15, -0.1) is 0 Å². The van der Waals surface area contributed by atoms with Crippen LogP contribution in [0.4, 0.5) is 0 Å². The predicted molar refractivity (Wildman–Crippen MR) is 87.3 cm³/mol. The number of methoxy groups -OCH3 is 1. The molecule has 1 aromatic carbocycles. The topological polar surface area (TPSA) is 35.2 Å². The molecule has 0 spiro atoms. The lowest BCUT2D eigenvalue weighted by molar-refractivity contribution is 0.0172. The molecule has 0 amide bonds. The van der Waals surface area contributed by atoms with Crippen LogP contribution in [0.2, 0.25) is 0 Å². The monoisotopic (exact) mass is 287 g/mol. The third-order valence-electron chi connectivity index (χ3n) is 5.61. The Labute approximate surface area is 129 Å². The van der Waals surface area contributed by atoms with Crippen LogP contribution in [-0.2, 0) is 4.74 Å². The van der Waals surface area contributed by atoms with Crippen LogP contribution in [0, 0.1) is 5.92 Å². The molecule has 0 saturated heterocycles. The third kappa shape index (κ3) is 3.32. The third-order valence-corrected chi connectivity index (χ3v) is 5.61. The van der Waals surface area contributed by atoms with Crippen LogP contribution in [-0.4, -0.2) is 13.2 Å². The largest absolute Gasteiger partial charge is 0.379 e. The van der Waals surface area contributed by atoms with Crippen molar-refractivity contribution < 1.29 is 4.74 Å². The normalized spacial score (nSPS) is 23.5. The molecule has 2 unspecified atom stereocenters. The van der Waals surface area contributed by atoms with E-state index < -0.39 is 0 Å². The molecule has 0 heterocycles. The second-order valence-corrected chi connectivity index (χ2v) is 6.92. The summed E-state index contributed by atoms with van der Waals surface area (Å²) < 4.78 is 5.82. The highest BCUT2D eigenvalue weighted by molar-refractivity contribution is 5.30. The van der Waals surface area contributed by atoms with E-state index in [4.69, 9.17) is 10.5 Å². The zero-order chi connectivity index (χ0) is 14.7. The Morgan fingerprint density at radius 1 is 1.05 bits per heavy atom. The maximum Gasteiger partial charge on any atom is 0.0791 e. The molecular formula is C19H29NO. The van der Waals surface area contributed by atoms with Crippen LogP contribution < -0.4 is 5.73 Å². The molecule has 3 rings (SSSR count). The summed E-state index contributed by atoms with van der Waals surface area (Å²) in [5.74, 6) is 1.40. The highest BCUT2D eigenvalue weighted by Gasteiger charge is 2.30. The second-order valence-electron chi connectivity index (χ2n) is 6.92. The van der Waals surface area contributed by atoms with Gasteiger partial charge in [0.15, 0.2) is 0 Å². The van der Waals surface area contributed by atoms with Gasteiger partial charge in [0.2, 0.25) is 0 Å². The van der Waals surface area contributed by atoms with E-state index in [2.05, 4.69) is 24.3 Å². The lowest BCUT2D eigenvalue weighted by Crippen LogP contribution is -2.36. The molecule has 0 aliphatic heterocycles. The van der Waals surface area contributed by atoms with Crippen molar-refractivity contribution in [2.45, 2.75) is 69.4 Å². The Balaban J connectivity index is 1.73. The Kier molecular flexibility index (Phi) is 4.97. The molecule has 2 aliphatic rings. The smallest absolute Gasteiger partial charge is 0.0791 e. The maximum absolute atomic E-state index is 6.58. The first-order valence-electron chi connectivity index (χ1n) is 8.68. The molecule has 2 nitrogen and oxygen atoms in total. The van der Waals surface area contributed by atoms with Crippen molar-refractivity contribution in [1.82, 2.24) is 0 Å². The minimum Gasteiger partial charge on any atom is -0.379 e. The zero-order valence-electron chi connectivity index (χ0n) is 13.3. The van der Waals surface area contributed by atoms with Crippen molar-refractivity contribution in [3.8, 4) is 0 Å². The summed E-state index contributed by atoms with van der Waals surface area (Å²) in [7, 11) is 1.83. The van der Waals surface area contributed by atoms with E-state index in [-0.39, 0.29) is 12.1 Å². The van der Waals surface area contributed by atoms with E-state index in [1.54, 1.807) is 0 Å². The van der Waals surface area contributed by atoms with Crippen LogP contribution in [0.3, 0.4) is 0 Å². The molecule has 2 heteroatoms. The van der Waals surface area contributed by atoms with E-state index in [1.165, 1.54) is 62.5 Å². The molecule has 0 radical (unpaired) electrons. The number of nitrogens with two attached hydrogens (primary N) is 1. The fourth-order valence-electron chi connectivity index (χ4n) is 4.05. The van der Waals surface area contributed by atoms with Crippen LogP contribution >= 0.6 is 0 Å². The quantitative estimate of drug-likeness (QED) is 0.862.